The fourth-order valence-electron chi connectivity index (χ4n) is 1.33. The molecule has 2 aromatic rings. The van der Waals surface area contributed by atoms with Crippen LogP contribution in [0.25, 0.3) is 0 Å². The lowest BCUT2D eigenvalue weighted by Gasteiger charge is -2.09. The second-order valence-corrected chi connectivity index (χ2v) is 3.42. The van der Waals surface area contributed by atoms with Crippen molar-refractivity contribution in [2.24, 2.45) is 0 Å². The summed E-state index contributed by atoms with van der Waals surface area (Å²) in [5.74, 6) is 0.592. The van der Waals surface area contributed by atoms with Crippen LogP contribution in [0.3, 0.4) is 0 Å². The third-order valence-corrected chi connectivity index (χ3v) is 2.17. The number of ether oxygens (including phenoxy) is 1. The largest absolute Gasteiger partial charge is 0.457 e. The van der Waals surface area contributed by atoms with Crippen molar-refractivity contribution in [3.05, 3.63) is 48.0 Å². The first kappa shape index (κ1) is 10.4. The van der Waals surface area contributed by atoms with Gasteiger partial charge >= 0.3 is 0 Å². The Balaban J connectivity index is 2.32. The Morgan fingerprint density at radius 1 is 1.25 bits per heavy atom. The minimum absolute atomic E-state index is 0.125. The Kier molecular flexibility index (Phi) is 2.72. The number of rotatable bonds is 2. The summed E-state index contributed by atoms with van der Waals surface area (Å²) in [5, 5.41) is 0. The van der Waals surface area contributed by atoms with Crippen molar-refractivity contribution in [3.8, 4) is 11.5 Å². The van der Waals surface area contributed by atoms with Gasteiger partial charge in [0.15, 0.2) is 0 Å². The normalized spacial score (nSPS) is 10.1. The summed E-state index contributed by atoms with van der Waals surface area (Å²) < 4.78 is 18.8. The zero-order chi connectivity index (χ0) is 11.5. The molecule has 3 nitrogen and oxygen atoms in total. The molecule has 0 aliphatic rings. The van der Waals surface area contributed by atoms with Gasteiger partial charge in [0.2, 0.25) is 0 Å². The van der Waals surface area contributed by atoms with Crippen molar-refractivity contribution >= 4 is 5.69 Å². The van der Waals surface area contributed by atoms with Crippen LogP contribution in [0.1, 0.15) is 5.56 Å². The Morgan fingerprint density at radius 2 is 1.94 bits per heavy atom. The highest BCUT2D eigenvalue weighted by Gasteiger charge is 2.06. The molecule has 4 heteroatoms. The standard InChI is InChI=1S/C12H11FN2O/c1-8-6-11(14)10(13)7-12(8)16-9-2-4-15-5-3-9/h2-7H,14H2,1H3. The summed E-state index contributed by atoms with van der Waals surface area (Å²) in [5.41, 5.74) is 6.35. The number of nitrogens with zero attached hydrogens (tertiary/aromatic N) is 1. The van der Waals surface area contributed by atoms with Crippen molar-refractivity contribution in [3.63, 3.8) is 0 Å². The number of aryl methyl sites for hydroxylation is 1. The van der Waals surface area contributed by atoms with E-state index in [1.807, 2.05) is 6.92 Å². The maximum absolute atomic E-state index is 13.2. The van der Waals surface area contributed by atoms with Gasteiger partial charge in [0, 0.05) is 18.5 Å². The van der Waals surface area contributed by atoms with Crippen LogP contribution in [0.2, 0.25) is 0 Å². The van der Waals surface area contributed by atoms with Crippen LogP contribution >= 0.6 is 0 Å². The number of anilines is 1. The van der Waals surface area contributed by atoms with Gasteiger partial charge in [0.25, 0.3) is 0 Å². The Morgan fingerprint density at radius 3 is 2.62 bits per heavy atom. The minimum atomic E-state index is -0.477. The van der Waals surface area contributed by atoms with Gasteiger partial charge in [-0.1, -0.05) is 0 Å². The molecule has 0 aliphatic heterocycles. The number of benzene rings is 1. The van der Waals surface area contributed by atoms with Crippen molar-refractivity contribution in [1.29, 1.82) is 0 Å². The molecule has 0 aliphatic carbocycles. The lowest BCUT2D eigenvalue weighted by Crippen LogP contribution is -1.94. The van der Waals surface area contributed by atoms with Crippen LogP contribution < -0.4 is 10.5 Å². The molecule has 0 bridgehead atoms. The molecule has 0 spiro atoms. The summed E-state index contributed by atoms with van der Waals surface area (Å²) in [6, 6.07) is 6.23. The summed E-state index contributed by atoms with van der Waals surface area (Å²) >= 11 is 0. The molecule has 0 amide bonds. The predicted octanol–water partition coefficient (Wildman–Crippen LogP) is 2.90. The molecule has 0 atom stereocenters. The van der Waals surface area contributed by atoms with E-state index >= 15 is 0 Å². The molecular formula is C12H11FN2O. The highest BCUT2D eigenvalue weighted by atomic mass is 19.1. The highest BCUT2D eigenvalue weighted by Crippen LogP contribution is 2.27. The molecule has 1 aromatic heterocycles. The summed E-state index contributed by atoms with van der Waals surface area (Å²) in [6.45, 7) is 1.81. The summed E-state index contributed by atoms with van der Waals surface area (Å²) in [6.07, 6.45) is 3.22. The predicted molar refractivity (Wildman–Crippen MR) is 59.9 cm³/mol. The average Bonchev–Trinajstić information content (AvgIpc) is 2.27. The van der Waals surface area contributed by atoms with Gasteiger partial charge in [0.1, 0.15) is 17.3 Å². The molecule has 16 heavy (non-hydrogen) atoms. The SMILES string of the molecule is Cc1cc(N)c(F)cc1Oc1ccncc1. The van der Waals surface area contributed by atoms with E-state index < -0.39 is 5.82 Å². The maximum Gasteiger partial charge on any atom is 0.149 e. The zero-order valence-electron chi connectivity index (χ0n) is 8.77. The van der Waals surface area contributed by atoms with Crippen molar-refractivity contribution in [2.75, 3.05) is 5.73 Å². The molecular weight excluding hydrogens is 207 g/mol. The number of pyridine rings is 1. The van der Waals surface area contributed by atoms with Crippen LogP contribution in [-0.4, -0.2) is 4.98 Å². The van der Waals surface area contributed by atoms with E-state index in [-0.39, 0.29) is 5.69 Å². The lowest BCUT2D eigenvalue weighted by molar-refractivity contribution is 0.472. The van der Waals surface area contributed by atoms with Gasteiger partial charge in [-0.05, 0) is 30.7 Å². The first-order chi connectivity index (χ1) is 7.66. The van der Waals surface area contributed by atoms with Gasteiger partial charge in [0.05, 0.1) is 5.69 Å². The van der Waals surface area contributed by atoms with Crippen LogP contribution in [0.15, 0.2) is 36.7 Å². The molecule has 1 heterocycles. The quantitative estimate of drug-likeness (QED) is 0.788. The molecule has 0 unspecified atom stereocenters. The summed E-state index contributed by atoms with van der Waals surface area (Å²) in [7, 11) is 0. The van der Waals surface area contributed by atoms with Crippen LogP contribution in [0.5, 0.6) is 11.5 Å². The number of aromatic nitrogens is 1. The van der Waals surface area contributed by atoms with Crippen LogP contribution in [-0.2, 0) is 0 Å². The van der Waals surface area contributed by atoms with E-state index in [9.17, 15) is 4.39 Å². The van der Waals surface area contributed by atoms with E-state index in [4.69, 9.17) is 10.5 Å². The Bertz CT molecular complexity index is 500. The number of nitrogen functional groups attached to an aromatic ring is 1. The second-order valence-electron chi connectivity index (χ2n) is 3.42. The smallest absolute Gasteiger partial charge is 0.149 e. The Hall–Kier alpha value is -2.10. The zero-order valence-corrected chi connectivity index (χ0v) is 8.77. The van der Waals surface area contributed by atoms with E-state index in [2.05, 4.69) is 4.98 Å². The number of nitrogens with two attached hydrogens (primary N) is 1. The fourth-order valence-corrected chi connectivity index (χ4v) is 1.33. The van der Waals surface area contributed by atoms with Crippen molar-refractivity contribution in [2.45, 2.75) is 6.92 Å². The van der Waals surface area contributed by atoms with Gasteiger partial charge < -0.3 is 10.5 Å². The topological polar surface area (TPSA) is 48.1 Å². The van der Waals surface area contributed by atoms with Crippen molar-refractivity contribution in [1.82, 2.24) is 4.98 Å². The van der Waals surface area contributed by atoms with Crippen molar-refractivity contribution < 1.29 is 9.13 Å². The minimum Gasteiger partial charge on any atom is -0.457 e. The maximum atomic E-state index is 13.2. The molecule has 82 valence electrons. The van der Waals surface area contributed by atoms with Crippen LogP contribution in [0, 0.1) is 12.7 Å². The lowest BCUT2D eigenvalue weighted by atomic mass is 10.2. The monoisotopic (exact) mass is 218 g/mol. The third kappa shape index (κ3) is 2.11. The molecule has 1 aromatic carbocycles. The third-order valence-electron chi connectivity index (χ3n) is 2.17. The van der Waals surface area contributed by atoms with E-state index in [0.29, 0.717) is 11.5 Å². The van der Waals surface area contributed by atoms with Gasteiger partial charge in [-0.25, -0.2) is 4.39 Å². The van der Waals surface area contributed by atoms with Gasteiger partial charge in [-0.15, -0.1) is 0 Å². The first-order valence-corrected chi connectivity index (χ1v) is 4.80. The fraction of sp³-hybridized carbons (Fsp3) is 0.0833. The summed E-state index contributed by atoms with van der Waals surface area (Å²) in [4.78, 5) is 3.87. The van der Waals surface area contributed by atoms with Crippen LogP contribution in [0.4, 0.5) is 10.1 Å². The number of hydrogen-bond acceptors (Lipinski definition) is 3. The van der Waals surface area contributed by atoms with E-state index in [1.54, 1.807) is 30.6 Å². The molecule has 0 radical (unpaired) electrons. The van der Waals surface area contributed by atoms with Gasteiger partial charge in [-0.3, -0.25) is 4.98 Å². The molecule has 0 saturated carbocycles. The van der Waals surface area contributed by atoms with Gasteiger partial charge in [-0.2, -0.15) is 0 Å². The molecule has 2 N–H and O–H groups in total. The van der Waals surface area contributed by atoms with E-state index in [1.165, 1.54) is 6.07 Å². The number of hydrogen-bond donors (Lipinski definition) is 1. The average molecular weight is 218 g/mol. The number of halogens is 1. The highest BCUT2D eigenvalue weighted by molar-refractivity contribution is 5.49. The van der Waals surface area contributed by atoms with E-state index in [0.717, 1.165) is 5.56 Å². The molecule has 0 fully saturated rings. The molecule has 0 saturated heterocycles. The Labute approximate surface area is 92.7 Å². The first-order valence-electron chi connectivity index (χ1n) is 4.80. The molecule has 2 rings (SSSR count). The second kappa shape index (κ2) is 4.18.